The van der Waals surface area contributed by atoms with E-state index in [0.29, 0.717) is 0 Å². The van der Waals surface area contributed by atoms with Crippen LogP contribution in [0.15, 0.2) is 97.1 Å². The summed E-state index contributed by atoms with van der Waals surface area (Å²) in [5.41, 5.74) is 3.73. The molecule has 1 aromatic heterocycles. The van der Waals surface area contributed by atoms with Crippen molar-refractivity contribution < 1.29 is 0 Å². The Morgan fingerprint density at radius 2 is 1.17 bits per heavy atom. The van der Waals surface area contributed by atoms with Crippen molar-refractivity contribution in [2.24, 2.45) is 0 Å². The molecular weight excluding hydrogens is 368 g/mol. The highest BCUT2D eigenvalue weighted by atomic mass is 32.1. The maximum atomic E-state index is 2.29. The topological polar surface area (TPSA) is 0 Å². The summed E-state index contributed by atoms with van der Waals surface area (Å²) in [6.45, 7) is 4.00. The van der Waals surface area contributed by atoms with E-state index in [4.69, 9.17) is 0 Å². The standard InChI is InChI=1S/C26H18S.C2H6/c1-2-6-20(7-3-1)21-13-10-19(11-14-21)12-15-25-17-24-16-22-8-4-5-9-23(22)18-26(24)27-25;1-2/h1-18H;1-2H3/b15-12+;. The van der Waals surface area contributed by atoms with Gasteiger partial charge in [-0.2, -0.15) is 0 Å². The van der Waals surface area contributed by atoms with Gasteiger partial charge in [0.05, 0.1) is 0 Å². The lowest BCUT2D eigenvalue weighted by Gasteiger charge is -2.01. The molecule has 1 heterocycles. The third kappa shape index (κ3) is 4.31. The van der Waals surface area contributed by atoms with Crippen LogP contribution in [0.25, 0.3) is 44.1 Å². The minimum atomic E-state index is 1.22. The number of hydrogen-bond donors (Lipinski definition) is 0. The molecule has 0 fully saturated rings. The molecule has 0 saturated carbocycles. The fourth-order valence-electron chi connectivity index (χ4n) is 3.43. The van der Waals surface area contributed by atoms with Gasteiger partial charge in [0.1, 0.15) is 0 Å². The lowest BCUT2D eigenvalue weighted by molar-refractivity contribution is 1.50. The second kappa shape index (κ2) is 8.89. The van der Waals surface area contributed by atoms with Crippen LogP contribution in [0.1, 0.15) is 24.3 Å². The van der Waals surface area contributed by atoms with Gasteiger partial charge < -0.3 is 0 Å². The summed E-state index contributed by atoms with van der Waals surface area (Å²) in [5.74, 6) is 0. The van der Waals surface area contributed by atoms with Crippen LogP contribution in [-0.2, 0) is 0 Å². The van der Waals surface area contributed by atoms with Gasteiger partial charge in [-0.05, 0) is 57.1 Å². The van der Waals surface area contributed by atoms with Crippen LogP contribution in [-0.4, -0.2) is 0 Å². The van der Waals surface area contributed by atoms with E-state index in [-0.39, 0.29) is 0 Å². The third-order valence-corrected chi connectivity index (χ3v) is 5.92. The largest absolute Gasteiger partial charge is 0.136 e. The van der Waals surface area contributed by atoms with Gasteiger partial charge in [-0.3, -0.25) is 0 Å². The zero-order chi connectivity index (χ0) is 20.1. The van der Waals surface area contributed by atoms with Gasteiger partial charge in [-0.1, -0.05) is 98.8 Å². The highest BCUT2D eigenvalue weighted by Crippen LogP contribution is 2.31. The quantitative estimate of drug-likeness (QED) is 0.287. The average Bonchev–Trinajstić information content (AvgIpc) is 3.20. The van der Waals surface area contributed by atoms with Gasteiger partial charge in [0, 0.05) is 9.58 Å². The molecule has 0 amide bonds. The van der Waals surface area contributed by atoms with Gasteiger partial charge in [0.15, 0.2) is 0 Å². The first-order valence-corrected chi connectivity index (χ1v) is 10.9. The fraction of sp³-hybridized carbons (Fsp3) is 0.0714. The second-order valence-corrected chi connectivity index (χ2v) is 7.82. The molecule has 0 N–H and O–H groups in total. The summed E-state index contributed by atoms with van der Waals surface area (Å²) < 4.78 is 1.34. The zero-order valence-electron chi connectivity index (χ0n) is 16.8. The number of rotatable bonds is 3. The van der Waals surface area contributed by atoms with Gasteiger partial charge in [0.2, 0.25) is 0 Å². The van der Waals surface area contributed by atoms with Crippen LogP contribution in [0.3, 0.4) is 0 Å². The predicted molar refractivity (Wildman–Crippen MR) is 131 cm³/mol. The summed E-state index contributed by atoms with van der Waals surface area (Å²) in [6.07, 6.45) is 4.41. The Hall–Kier alpha value is -3.16. The van der Waals surface area contributed by atoms with Crippen molar-refractivity contribution in [1.82, 2.24) is 0 Å². The Morgan fingerprint density at radius 1 is 0.552 bits per heavy atom. The summed E-state index contributed by atoms with van der Waals surface area (Å²) in [5, 5.41) is 3.92. The molecule has 0 aliphatic carbocycles. The number of hydrogen-bond acceptors (Lipinski definition) is 1. The summed E-state index contributed by atoms with van der Waals surface area (Å²) >= 11 is 1.84. The zero-order valence-corrected chi connectivity index (χ0v) is 17.6. The van der Waals surface area contributed by atoms with Crippen molar-refractivity contribution in [2.75, 3.05) is 0 Å². The monoisotopic (exact) mass is 392 g/mol. The number of benzene rings is 4. The van der Waals surface area contributed by atoms with Gasteiger partial charge in [-0.25, -0.2) is 0 Å². The molecule has 0 aliphatic rings. The lowest BCUT2D eigenvalue weighted by atomic mass is 10.0. The molecule has 0 aliphatic heterocycles. The van der Waals surface area contributed by atoms with Crippen molar-refractivity contribution in [1.29, 1.82) is 0 Å². The predicted octanol–water partition coefficient (Wildman–Crippen LogP) is 8.92. The molecule has 5 rings (SSSR count). The molecule has 0 nitrogen and oxygen atoms in total. The molecule has 4 aromatic carbocycles. The van der Waals surface area contributed by atoms with E-state index in [1.165, 1.54) is 42.4 Å². The summed E-state index contributed by atoms with van der Waals surface area (Å²) in [7, 11) is 0. The highest BCUT2D eigenvalue weighted by Gasteiger charge is 2.02. The second-order valence-electron chi connectivity index (χ2n) is 6.71. The van der Waals surface area contributed by atoms with Crippen LogP contribution < -0.4 is 0 Å². The van der Waals surface area contributed by atoms with Crippen molar-refractivity contribution in [2.45, 2.75) is 13.8 Å². The van der Waals surface area contributed by atoms with E-state index in [1.54, 1.807) is 0 Å². The molecule has 0 atom stereocenters. The van der Waals surface area contributed by atoms with Gasteiger partial charge >= 0.3 is 0 Å². The van der Waals surface area contributed by atoms with E-state index >= 15 is 0 Å². The normalized spacial score (nSPS) is 11.0. The van der Waals surface area contributed by atoms with E-state index in [0.717, 1.165) is 0 Å². The first-order valence-electron chi connectivity index (χ1n) is 10.1. The molecule has 5 aromatic rings. The van der Waals surface area contributed by atoms with Gasteiger partial charge in [0.25, 0.3) is 0 Å². The lowest BCUT2D eigenvalue weighted by Crippen LogP contribution is -1.77. The Balaban J connectivity index is 0.000000994. The smallest absolute Gasteiger partial charge is 0.0355 e. The fourth-order valence-corrected chi connectivity index (χ4v) is 4.42. The molecule has 0 saturated heterocycles. The van der Waals surface area contributed by atoms with E-state index < -0.39 is 0 Å². The van der Waals surface area contributed by atoms with Crippen molar-refractivity contribution in [3.05, 3.63) is 108 Å². The van der Waals surface area contributed by atoms with Crippen LogP contribution in [0.2, 0.25) is 0 Å². The molecule has 0 unspecified atom stereocenters. The maximum Gasteiger partial charge on any atom is 0.0355 e. The first kappa shape index (κ1) is 19.2. The van der Waals surface area contributed by atoms with Crippen molar-refractivity contribution in [3.8, 4) is 11.1 Å². The summed E-state index contributed by atoms with van der Waals surface area (Å²) in [4.78, 5) is 1.28. The molecule has 0 bridgehead atoms. The first-order chi connectivity index (χ1) is 14.3. The Kier molecular flexibility index (Phi) is 5.88. The molecule has 142 valence electrons. The SMILES string of the molecule is C(=C\c1cc2cc3ccccc3cc2s1)/c1ccc(-c2ccccc2)cc1.CC. The van der Waals surface area contributed by atoms with Crippen LogP contribution in [0.5, 0.6) is 0 Å². The minimum absolute atomic E-state index is 1.22. The Labute approximate surface area is 176 Å². The molecule has 0 spiro atoms. The van der Waals surface area contributed by atoms with Crippen LogP contribution >= 0.6 is 11.3 Å². The number of thiophene rings is 1. The van der Waals surface area contributed by atoms with E-state index in [9.17, 15) is 0 Å². The third-order valence-electron chi connectivity index (χ3n) is 4.86. The van der Waals surface area contributed by atoms with Crippen LogP contribution in [0, 0.1) is 0 Å². The Bertz CT molecular complexity index is 1190. The van der Waals surface area contributed by atoms with Gasteiger partial charge in [-0.15, -0.1) is 11.3 Å². The van der Waals surface area contributed by atoms with Crippen molar-refractivity contribution in [3.63, 3.8) is 0 Å². The number of fused-ring (bicyclic) bond motifs is 2. The molecule has 1 heteroatoms. The Morgan fingerprint density at radius 3 is 1.90 bits per heavy atom. The highest BCUT2D eigenvalue weighted by molar-refractivity contribution is 7.20. The maximum absolute atomic E-state index is 2.29. The molecular formula is C28H24S. The van der Waals surface area contributed by atoms with E-state index in [2.05, 4.69) is 109 Å². The minimum Gasteiger partial charge on any atom is -0.136 e. The molecule has 29 heavy (non-hydrogen) atoms. The van der Waals surface area contributed by atoms with Crippen LogP contribution in [0.4, 0.5) is 0 Å². The summed E-state index contributed by atoms with van der Waals surface area (Å²) in [6, 6.07) is 34.6. The van der Waals surface area contributed by atoms with E-state index in [1.807, 2.05) is 25.2 Å². The average molecular weight is 393 g/mol. The van der Waals surface area contributed by atoms with Crippen molar-refractivity contribution >= 4 is 44.3 Å². The molecule has 0 radical (unpaired) electrons.